The molecule has 0 fully saturated rings. The Kier molecular flexibility index (Phi) is 1550. The molecule has 0 aromatic carbocycles. The Morgan fingerprint density at radius 1 is 0.500 bits per heavy atom. The molecule has 8 heteroatoms. The minimum atomic E-state index is 0. The number of rotatable bonds is 0. The minimum Gasteiger partial charge on any atom is -2.00 e. The molecular formula is O5UYZr-3. The molecule has 0 aliphatic rings. The van der Waals surface area contributed by atoms with Crippen LogP contribution < -0.4 is 0 Å². The third-order valence-corrected chi connectivity index (χ3v) is 0. The maximum atomic E-state index is 0. The van der Waals surface area contributed by atoms with Crippen molar-refractivity contribution in [1.82, 2.24) is 0 Å². The summed E-state index contributed by atoms with van der Waals surface area (Å²) in [5.74, 6) is 0. The topological polar surface area (TPSA) is 142 Å². The van der Waals surface area contributed by atoms with Crippen molar-refractivity contribution in [3.8, 4) is 0 Å². The first-order chi connectivity index (χ1) is 0. The van der Waals surface area contributed by atoms with Gasteiger partial charge in [0.2, 0.25) is 0 Å². The molecular weight excluding hydrogens is 498 g/mol. The van der Waals surface area contributed by atoms with Crippen molar-refractivity contribution in [3.05, 3.63) is 0 Å². The Morgan fingerprint density at radius 2 is 0.500 bits per heavy atom. The van der Waals surface area contributed by atoms with Crippen LogP contribution in [0.25, 0.3) is 0 Å². The van der Waals surface area contributed by atoms with Crippen molar-refractivity contribution in [3.63, 3.8) is 0 Å². The molecule has 0 N–H and O–H groups in total. The van der Waals surface area contributed by atoms with Crippen LogP contribution in [-0.4, -0.2) is 0 Å². The Morgan fingerprint density at radius 3 is 0.500 bits per heavy atom. The van der Waals surface area contributed by atoms with Crippen molar-refractivity contribution in [1.29, 1.82) is 0 Å². The second-order valence-electron chi connectivity index (χ2n) is 0. The van der Waals surface area contributed by atoms with Crippen LogP contribution in [0.3, 0.4) is 0 Å². The van der Waals surface area contributed by atoms with E-state index in [-0.39, 0.29) is 117 Å². The first kappa shape index (κ1) is 130. The molecule has 0 spiro atoms. The smallest absolute Gasteiger partial charge is 2.00 e. The molecule has 0 rings (SSSR count). The quantitative estimate of drug-likeness (QED) is 0.421. The summed E-state index contributed by atoms with van der Waals surface area (Å²) in [5, 5.41) is 0. The zero-order valence-electron chi connectivity index (χ0n) is 3.62. The van der Waals surface area contributed by atoms with Crippen molar-refractivity contribution in [2.75, 3.05) is 0 Å². The van der Waals surface area contributed by atoms with Gasteiger partial charge in [0.1, 0.15) is 0 Å². The monoisotopic (exact) mass is 497 g/mol. The predicted molar refractivity (Wildman–Crippen MR) is 3.43 cm³/mol. The molecule has 0 aliphatic carbocycles. The van der Waals surface area contributed by atoms with Gasteiger partial charge in [0.15, 0.2) is 0 Å². The SMILES string of the molecule is [O-2].[O-2].[O-2].[O-2].[O-2].[U].[Y+3].[Zr+4]. The number of hydrogen-bond donors (Lipinski definition) is 0. The summed E-state index contributed by atoms with van der Waals surface area (Å²) in [5.41, 5.74) is 0. The first-order valence-electron chi connectivity index (χ1n) is 0. The van der Waals surface area contributed by atoms with Crippen LogP contribution in [0.1, 0.15) is 0 Å². The van der Waals surface area contributed by atoms with E-state index in [1.54, 1.807) is 0 Å². The summed E-state index contributed by atoms with van der Waals surface area (Å²) < 4.78 is 0. The average molecular weight is 498 g/mol. The van der Waals surface area contributed by atoms with Gasteiger partial charge in [-0.1, -0.05) is 0 Å². The molecule has 0 aromatic rings. The third-order valence-electron chi connectivity index (χ3n) is 0. The van der Waals surface area contributed by atoms with E-state index >= 15 is 0 Å². The molecule has 0 unspecified atom stereocenters. The molecule has 0 atom stereocenters. The fourth-order valence-electron chi connectivity index (χ4n) is 0. The largest absolute Gasteiger partial charge is 4.00 e. The summed E-state index contributed by atoms with van der Waals surface area (Å²) in [6, 6.07) is 0. The predicted octanol–water partition coefficient (Wildman–Crippen LogP) is -0.599. The molecule has 0 saturated heterocycles. The van der Waals surface area contributed by atoms with Gasteiger partial charge in [-0.3, -0.25) is 0 Å². The zero-order valence-corrected chi connectivity index (χ0v) is 13.1. The molecule has 0 bridgehead atoms. The molecule has 0 amide bonds. The first-order valence-corrected chi connectivity index (χ1v) is 0. The minimum absolute atomic E-state index is 0. The molecule has 0 radical (unpaired) electrons. The fourth-order valence-corrected chi connectivity index (χ4v) is 0. The molecule has 5 nitrogen and oxygen atoms in total. The second-order valence-corrected chi connectivity index (χ2v) is 0. The van der Waals surface area contributed by atoms with E-state index in [4.69, 9.17) is 0 Å². The molecule has 0 heterocycles. The van der Waals surface area contributed by atoms with Gasteiger partial charge in [0, 0.05) is 31.1 Å². The fraction of sp³-hybridized carbons (Fsp3) is 0. The zero-order chi connectivity index (χ0) is 0. The van der Waals surface area contributed by atoms with Crippen LogP contribution in [-0.2, 0) is 86.3 Å². The third kappa shape index (κ3) is 67.4. The van der Waals surface area contributed by atoms with Gasteiger partial charge in [-0.05, 0) is 0 Å². The van der Waals surface area contributed by atoms with E-state index in [0.29, 0.717) is 0 Å². The van der Waals surface area contributed by atoms with Crippen molar-refractivity contribution < 1.29 is 117 Å². The summed E-state index contributed by atoms with van der Waals surface area (Å²) in [7, 11) is 0. The van der Waals surface area contributed by atoms with Gasteiger partial charge in [-0.15, -0.1) is 0 Å². The van der Waals surface area contributed by atoms with Crippen molar-refractivity contribution >= 4 is 0 Å². The normalized spacial score (nSPS) is 0. The summed E-state index contributed by atoms with van der Waals surface area (Å²) in [6.45, 7) is 0. The van der Waals surface area contributed by atoms with E-state index in [1.165, 1.54) is 0 Å². The van der Waals surface area contributed by atoms with Crippen molar-refractivity contribution in [2.24, 2.45) is 0 Å². The second kappa shape index (κ2) is 95.4. The van der Waals surface area contributed by atoms with Crippen LogP contribution in [0.2, 0.25) is 0 Å². The van der Waals surface area contributed by atoms with Crippen molar-refractivity contribution in [2.45, 2.75) is 0 Å². The number of hydrogen-bond acceptors (Lipinski definition) is 0. The van der Waals surface area contributed by atoms with Crippen LogP contribution >= 0.6 is 0 Å². The van der Waals surface area contributed by atoms with Crippen LogP contribution in [0.15, 0.2) is 0 Å². The maximum absolute atomic E-state index is 0. The van der Waals surface area contributed by atoms with Gasteiger partial charge in [-0.25, -0.2) is 0 Å². The van der Waals surface area contributed by atoms with E-state index in [2.05, 4.69) is 0 Å². The molecule has 44 valence electrons. The van der Waals surface area contributed by atoms with E-state index in [0.717, 1.165) is 0 Å². The van der Waals surface area contributed by atoms with Gasteiger partial charge >= 0.3 is 58.9 Å². The van der Waals surface area contributed by atoms with E-state index in [9.17, 15) is 0 Å². The summed E-state index contributed by atoms with van der Waals surface area (Å²) in [4.78, 5) is 0. The Labute approximate surface area is 115 Å². The molecule has 0 aromatic heterocycles. The standard InChI is InChI=1S/5O.U.Y.Zr/q5*-2;;+3;+4. The van der Waals surface area contributed by atoms with Gasteiger partial charge in [-0.2, -0.15) is 0 Å². The van der Waals surface area contributed by atoms with Crippen LogP contribution in [0.5, 0.6) is 0 Å². The van der Waals surface area contributed by atoms with Gasteiger partial charge < -0.3 is 27.4 Å². The Hall–Kier alpha value is 2.84. The van der Waals surface area contributed by atoms with E-state index < -0.39 is 0 Å². The summed E-state index contributed by atoms with van der Waals surface area (Å²) in [6.07, 6.45) is 0. The Bertz CT molecular complexity index is 12.4. The molecule has 8 heavy (non-hydrogen) atoms. The maximum Gasteiger partial charge on any atom is 4.00 e. The van der Waals surface area contributed by atoms with Gasteiger partial charge in [0.25, 0.3) is 0 Å². The van der Waals surface area contributed by atoms with Crippen LogP contribution in [0, 0.1) is 31.1 Å². The van der Waals surface area contributed by atoms with E-state index in [1.807, 2.05) is 0 Å². The van der Waals surface area contributed by atoms with Crippen LogP contribution in [0.4, 0.5) is 0 Å². The molecule has 0 saturated carbocycles. The Balaban J connectivity index is 0. The van der Waals surface area contributed by atoms with Gasteiger partial charge in [0.05, 0.1) is 0 Å². The summed E-state index contributed by atoms with van der Waals surface area (Å²) >= 11 is 0. The average Bonchev–Trinajstić information content (AvgIpc) is 0. The molecule has 0 aliphatic heterocycles.